The lowest BCUT2D eigenvalue weighted by molar-refractivity contribution is 0.0973. The smallest absolute Gasteiger partial charge is 0.236 e. The number of methoxy groups -OCH3 is 1. The number of nitrogens with one attached hydrogen (secondary N) is 1. The average Bonchev–Trinajstić information content (AvgIpc) is 3.65. The van der Waals surface area contributed by atoms with Crippen LogP contribution in [0, 0.1) is 6.92 Å². The van der Waals surface area contributed by atoms with Gasteiger partial charge in [-0.25, -0.2) is 4.98 Å². The van der Waals surface area contributed by atoms with Crippen LogP contribution in [0.1, 0.15) is 28.8 Å². The van der Waals surface area contributed by atoms with Crippen LogP contribution in [0.15, 0.2) is 89.7 Å². The molecule has 2 N–H and O–H groups in total. The standard InChI is InChI=1S/C32H28N4O4/c1-20-7-14-28-24(17-20)26(29(38)5-3-15-37)19-36(28)32-34-27-13-8-21(30-6-4-16-40-30)18-25(27)31(35-32)33-22-9-11-23(39-2)12-10-22/h4,6-14,16-19,37H,3,5,15H2,1-2H3,(H,33,34,35). The maximum Gasteiger partial charge on any atom is 0.236 e. The summed E-state index contributed by atoms with van der Waals surface area (Å²) in [5.41, 5.74) is 4.95. The molecule has 0 bridgehead atoms. The van der Waals surface area contributed by atoms with Gasteiger partial charge in [0.15, 0.2) is 5.78 Å². The van der Waals surface area contributed by atoms with Gasteiger partial charge in [0.25, 0.3) is 0 Å². The molecule has 0 atom stereocenters. The molecular formula is C32H28N4O4. The summed E-state index contributed by atoms with van der Waals surface area (Å²) in [6, 6.07) is 23.3. The average molecular weight is 533 g/mol. The number of hydrogen-bond acceptors (Lipinski definition) is 7. The van der Waals surface area contributed by atoms with Crippen molar-refractivity contribution in [2.45, 2.75) is 19.8 Å². The van der Waals surface area contributed by atoms with Crippen molar-refractivity contribution in [2.75, 3.05) is 19.0 Å². The lowest BCUT2D eigenvalue weighted by atomic mass is 10.0. The van der Waals surface area contributed by atoms with Gasteiger partial charge >= 0.3 is 0 Å². The van der Waals surface area contributed by atoms with E-state index in [1.165, 1.54) is 0 Å². The van der Waals surface area contributed by atoms with Crippen molar-refractivity contribution in [2.24, 2.45) is 0 Å². The van der Waals surface area contributed by atoms with E-state index in [9.17, 15) is 9.90 Å². The Balaban J connectivity index is 1.53. The zero-order valence-corrected chi connectivity index (χ0v) is 22.2. The quantitative estimate of drug-likeness (QED) is 0.196. The molecule has 0 amide bonds. The van der Waals surface area contributed by atoms with Crippen molar-refractivity contribution >= 4 is 39.1 Å². The van der Waals surface area contributed by atoms with E-state index in [1.54, 1.807) is 19.6 Å². The molecule has 0 aliphatic rings. The lowest BCUT2D eigenvalue weighted by Gasteiger charge is -2.13. The molecule has 0 aliphatic heterocycles. The minimum atomic E-state index is -0.0302. The number of aryl methyl sites for hydroxylation is 1. The van der Waals surface area contributed by atoms with Gasteiger partial charge in [-0.1, -0.05) is 11.6 Å². The number of aliphatic hydroxyl groups excluding tert-OH is 1. The first-order chi connectivity index (χ1) is 19.5. The van der Waals surface area contributed by atoms with Crippen LogP contribution < -0.4 is 10.1 Å². The summed E-state index contributed by atoms with van der Waals surface area (Å²) in [5.74, 6) is 2.53. The van der Waals surface area contributed by atoms with Crippen LogP contribution in [0.4, 0.5) is 11.5 Å². The predicted molar refractivity (Wildman–Crippen MR) is 156 cm³/mol. The fourth-order valence-corrected chi connectivity index (χ4v) is 4.83. The number of ketones is 1. The fraction of sp³-hybridized carbons (Fsp3) is 0.156. The summed E-state index contributed by atoms with van der Waals surface area (Å²) >= 11 is 0. The van der Waals surface area contributed by atoms with E-state index in [0.29, 0.717) is 23.8 Å². The van der Waals surface area contributed by atoms with Gasteiger partial charge in [-0.15, -0.1) is 0 Å². The third-order valence-corrected chi connectivity index (χ3v) is 6.88. The number of carbonyl (C=O) groups is 1. The van der Waals surface area contributed by atoms with Gasteiger partial charge in [0.2, 0.25) is 5.95 Å². The van der Waals surface area contributed by atoms with E-state index < -0.39 is 0 Å². The molecule has 0 saturated carbocycles. The number of fused-ring (bicyclic) bond motifs is 2. The molecule has 0 radical (unpaired) electrons. The van der Waals surface area contributed by atoms with E-state index in [-0.39, 0.29) is 18.8 Å². The van der Waals surface area contributed by atoms with Crippen molar-refractivity contribution in [1.29, 1.82) is 0 Å². The Morgan fingerprint density at radius 1 is 1.02 bits per heavy atom. The maximum atomic E-state index is 13.1. The Morgan fingerprint density at radius 2 is 1.88 bits per heavy atom. The second-order valence-corrected chi connectivity index (χ2v) is 9.62. The van der Waals surface area contributed by atoms with Gasteiger partial charge in [0.1, 0.15) is 17.3 Å². The Hall–Kier alpha value is -4.95. The lowest BCUT2D eigenvalue weighted by Crippen LogP contribution is -2.05. The van der Waals surface area contributed by atoms with Crippen LogP contribution in [-0.2, 0) is 0 Å². The predicted octanol–water partition coefficient (Wildman–Crippen LogP) is 6.85. The molecule has 0 spiro atoms. The van der Waals surface area contributed by atoms with Gasteiger partial charge in [-0.05, 0) is 80.1 Å². The number of anilines is 2. The topological polar surface area (TPSA) is 102 Å². The van der Waals surface area contributed by atoms with Crippen LogP contribution in [0.2, 0.25) is 0 Å². The number of aliphatic hydroxyl groups is 1. The Morgan fingerprint density at radius 3 is 2.62 bits per heavy atom. The first kappa shape index (κ1) is 25.3. The summed E-state index contributed by atoms with van der Waals surface area (Å²) in [4.78, 5) is 23.0. The van der Waals surface area contributed by atoms with Crippen LogP contribution in [-0.4, -0.2) is 39.1 Å². The second-order valence-electron chi connectivity index (χ2n) is 9.62. The molecule has 200 valence electrons. The molecule has 8 heteroatoms. The van der Waals surface area contributed by atoms with E-state index in [2.05, 4.69) is 5.32 Å². The van der Waals surface area contributed by atoms with Gasteiger partial charge < -0.3 is 19.6 Å². The van der Waals surface area contributed by atoms with E-state index >= 15 is 0 Å². The minimum absolute atomic E-state index is 0.0242. The molecule has 0 unspecified atom stereocenters. The van der Waals surface area contributed by atoms with E-state index in [4.69, 9.17) is 19.1 Å². The SMILES string of the molecule is COc1ccc(Nc2nc(-n3cc(C(=O)CCCO)c4cc(C)ccc43)nc3ccc(-c4ccco4)cc23)cc1. The molecule has 6 rings (SSSR count). The molecule has 40 heavy (non-hydrogen) atoms. The van der Waals surface area contributed by atoms with Gasteiger partial charge in [0, 0.05) is 46.8 Å². The van der Waals surface area contributed by atoms with Crippen LogP contribution in [0.25, 0.3) is 39.1 Å². The molecule has 0 fully saturated rings. The fourth-order valence-electron chi connectivity index (χ4n) is 4.83. The molecule has 3 heterocycles. The van der Waals surface area contributed by atoms with Crippen LogP contribution in [0.5, 0.6) is 5.75 Å². The number of ether oxygens (including phenoxy) is 1. The van der Waals surface area contributed by atoms with Gasteiger partial charge in [-0.3, -0.25) is 9.36 Å². The third-order valence-electron chi connectivity index (χ3n) is 6.88. The number of aromatic nitrogens is 3. The number of Topliss-reactive ketones (excluding diaryl/α,β-unsaturated/α-hetero) is 1. The number of benzene rings is 3. The molecule has 0 saturated heterocycles. The minimum Gasteiger partial charge on any atom is -0.497 e. The Labute approximate surface area is 230 Å². The third kappa shape index (κ3) is 4.81. The van der Waals surface area contributed by atoms with E-state index in [0.717, 1.165) is 50.1 Å². The first-order valence-corrected chi connectivity index (χ1v) is 13.1. The largest absolute Gasteiger partial charge is 0.497 e. The number of carbonyl (C=O) groups excluding carboxylic acids is 1. The van der Waals surface area contributed by atoms with Gasteiger partial charge in [0.05, 0.1) is 24.4 Å². The summed E-state index contributed by atoms with van der Waals surface area (Å²) in [6.45, 7) is 1.97. The molecule has 3 aromatic carbocycles. The highest BCUT2D eigenvalue weighted by Crippen LogP contribution is 2.32. The normalized spacial score (nSPS) is 11.3. The monoisotopic (exact) mass is 532 g/mol. The highest BCUT2D eigenvalue weighted by Gasteiger charge is 2.19. The van der Waals surface area contributed by atoms with Crippen molar-refractivity contribution < 1.29 is 19.1 Å². The Kier molecular flexibility index (Phi) is 6.76. The maximum absolute atomic E-state index is 13.1. The van der Waals surface area contributed by atoms with Crippen LogP contribution >= 0.6 is 0 Å². The number of nitrogens with zero attached hydrogens (tertiary/aromatic N) is 3. The zero-order valence-electron chi connectivity index (χ0n) is 22.2. The molecule has 0 aliphatic carbocycles. The van der Waals surface area contributed by atoms with Crippen molar-refractivity contribution in [3.63, 3.8) is 0 Å². The first-order valence-electron chi connectivity index (χ1n) is 13.1. The molecule has 8 nitrogen and oxygen atoms in total. The van der Waals surface area contributed by atoms with Crippen molar-refractivity contribution in [3.8, 4) is 23.0 Å². The van der Waals surface area contributed by atoms with Crippen molar-refractivity contribution in [3.05, 3.63) is 96.4 Å². The van der Waals surface area contributed by atoms with Crippen LogP contribution in [0.3, 0.4) is 0 Å². The summed E-state index contributed by atoms with van der Waals surface area (Å²) in [7, 11) is 1.63. The van der Waals surface area contributed by atoms with Crippen molar-refractivity contribution in [1.82, 2.24) is 14.5 Å². The highest BCUT2D eigenvalue weighted by molar-refractivity contribution is 6.08. The summed E-state index contributed by atoms with van der Waals surface area (Å²) < 4.78 is 12.8. The molecular weight excluding hydrogens is 504 g/mol. The number of rotatable bonds is 9. The summed E-state index contributed by atoms with van der Waals surface area (Å²) in [6.07, 6.45) is 4.13. The molecule has 6 aromatic rings. The number of furan rings is 1. The highest BCUT2D eigenvalue weighted by atomic mass is 16.5. The van der Waals surface area contributed by atoms with Gasteiger partial charge in [-0.2, -0.15) is 4.98 Å². The molecule has 3 aromatic heterocycles. The summed E-state index contributed by atoms with van der Waals surface area (Å²) in [5, 5.41) is 14.4. The second kappa shape index (κ2) is 10.7. The number of hydrogen-bond donors (Lipinski definition) is 2. The Bertz CT molecular complexity index is 1820. The van der Waals surface area contributed by atoms with E-state index in [1.807, 2.05) is 84.3 Å². The zero-order chi connectivity index (χ0) is 27.6.